The Hall–Kier alpha value is -2.42. The van der Waals surface area contributed by atoms with Gasteiger partial charge in [0.2, 0.25) is 0 Å². The second-order valence-corrected chi connectivity index (χ2v) is 9.25. The molecule has 0 aliphatic carbocycles. The molecule has 164 valence electrons. The fraction of sp³-hybridized carbons (Fsp3) is 0.500. The number of benzene rings is 1. The summed E-state index contributed by atoms with van der Waals surface area (Å²) in [5.41, 5.74) is 2.18. The Morgan fingerprint density at radius 2 is 2.03 bits per heavy atom. The number of hydroxylamine groups is 2. The van der Waals surface area contributed by atoms with Crippen molar-refractivity contribution in [3.8, 4) is 0 Å². The van der Waals surface area contributed by atoms with E-state index in [4.69, 9.17) is 16.6 Å². The van der Waals surface area contributed by atoms with Gasteiger partial charge in [-0.15, -0.1) is 0 Å². The Morgan fingerprint density at radius 1 is 1.19 bits per heavy atom. The van der Waals surface area contributed by atoms with Crippen molar-refractivity contribution >= 4 is 29.0 Å². The van der Waals surface area contributed by atoms with Crippen LogP contribution in [0.25, 0.3) is 5.78 Å². The third-order valence-electron chi connectivity index (χ3n) is 6.56. The lowest BCUT2D eigenvalue weighted by atomic mass is 9.81. The topological polar surface area (TPSA) is 81.8 Å². The molecule has 3 aromatic rings. The molecular formula is C22H28ClN7O. The van der Waals surface area contributed by atoms with Gasteiger partial charge in [-0.25, -0.2) is 0 Å². The molecule has 31 heavy (non-hydrogen) atoms. The van der Waals surface area contributed by atoms with E-state index in [0.717, 1.165) is 60.4 Å². The third kappa shape index (κ3) is 4.07. The van der Waals surface area contributed by atoms with E-state index in [1.807, 2.05) is 19.1 Å². The van der Waals surface area contributed by atoms with Gasteiger partial charge in [0.15, 0.2) is 0 Å². The molecule has 2 saturated heterocycles. The number of hydrogen-bond acceptors (Lipinski definition) is 7. The molecule has 2 aromatic heterocycles. The molecule has 2 atom stereocenters. The van der Waals surface area contributed by atoms with Gasteiger partial charge in [-0.1, -0.05) is 23.7 Å². The molecule has 2 aliphatic rings. The normalized spacial score (nSPS) is 21.3. The van der Waals surface area contributed by atoms with Crippen LogP contribution >= 0.6 is 11.6 Å². The van der Waals surface area contributed by atoms with Crippen molar-refractivity contribution in [1.82, 2.24) is 24.6 Å². The summed E-state index contributed by atoms with van der Waals surface area (Å²) in [5.74, 6) is 3.45. The zero-order chi connectivity index (χ0) is 21.5. The maximum Gasteiger partial charge on any atom is 0.256 e. The lowest BCUT2D eigenvalue weighted by Gasteiger charge is -2.46. The summed E-state index contributed by atoms with van der Waals surface area (Å²) in [6, 6.07) is 8.15. The van der Waals surface area contributed by atoms with Gasteiger partial charge in [-0.05, 0) is 55.7 Å². The summed E-state index contributed by atoms with van der Waals surface area (Å²) in [6.45, 7) is 7.59. The van der Waals surface area contributed by atoms with Crippen molar-refractivity contribution in [1.29, 1.82) is 0 Å². The van der Waals surface area contributed by atoms with Gasteiger partial charge in [0.25, 0.3) is 5.78 Å². The number of anilines is 2. The number of halogens is 1. The van der Waals surface area contributed by atoms with Gasteiger partial charge in [0, 0.05) is 37.3 Å². The molecule has 4 heterocycles. The largest absolute Gasteiger partial charge is 0.363 e. The number of aromatic nitrogens is 4. The van der Waals surface area contributed by atoms with E-state index >= 15 is 0 Å². The third-order valence-corrected chi connectivity index (χ3v) is 6.89. The van der Waals surface area contributed by atoms with Crippen LogP contribution in [0.5, 0.6) is 0 Å². The summed E-state index contributed by atoms with van der Waals surface area (Å²) in [6.07, 6.45) is 3.78. The van der Waals surface area contributed by atoms with Crippen molar-refractivity contribution in [2.24, 2.45) is 11.8 Å². The Bertz CT molecular complexity index is 1080. The maximum absolute atomic E-state index is 9.85. The highest BCUT2D eigenvalue weighted by atomic mass is 35.5. The quantitative estimate of drug-likeness (QED) is 0.623. The second kappa shape index (κ2) is 8.26. The van der Waals surface area contributed by atoms with E-state index in [1.165, 1.54) is 17.8 Å². The van der Waals surface area contributed by atoms with E-state index in [2.05, 4.69) is 39.4 Å². The predicted molar refractivity (Wildman–Crippen MR) is 121 cm³/mol. The zero-order valence-electron chi connectivity index (χ0n) is 17.9. The van der Waals surface area contributed by atoms with Crippen LogP contribution in [-0.4, -0.2) is 56.0 Å². The average Bonchev–Trinajstić information content (AvgIpc) is 3.16. The number of nitrogens with zero attached hydrogens (tertiary/aromatic N) is 6. The van der Waals surface area contributed by atoms with Crippen molar-refractivity contribution < 1.29 is 5.21 Å². The molecule has 0 radical (unpaired) electrons. The molecular weight excluding hydrogens is 414 g/mol. The molecule has 0 saturated carbocycles. The molecule has 2 N–H and O–H groups in total. The minimum atomic E-state index is -0.00216. The highest BCUT2D eigenvalue weighted by Gasteiger charge is 2.36. The van der Waals surface area contributed by atoms with Crippen molar-refractivity contribution in [3.05, 3.63) is 46.7 Å². The summed E-state index contributed by atoms with van der Waals surface area (Å²) in [7, 11) is 0. The molecule has 8 nitrogen and oxygen atoms in total. The van der Waals surface area contributed by atoms with Crippen molar-refractivity contribution in [3.63, 3.8) is 0 Å². The number of nitrogens with one attached hydrogen (secondary N) is 1. The number of fused-ring (bicyclic) bond motifs is 1. The number of aryl methyl sites for hydroxylation is 1. The summed E-state index contributed by atoms with van der Waals surface area (Å²) >= 11 is 6.48. The van der Waals surface area contributed by atoms with Gasteiger partial charge in [-0.2, -0.15) is 24.6 Å². The van der Waals surface area contributed by atoms with E-state index < -0.39 is 0 Å². The summed E-state index contributed by atoms with van der Waals surface area (Å²) < 4.78 is 1.73. The SMILES string of the molecule is Cc1ccc([C@@H](C)Nc2cc(N3CC([C@H]4CCCN(O)C4)C3)nc3ncnn23)c(Cl)c1. The molecule has 0 unspecified atom stereocenters. The summed E-state index contributed by atoms with van der Waals surface area (Å²) in [5, 5.41) is 19.9. The van der Waals surface area contributed by atoms with Crippen LogP contribution in [0.4, 0.5) is 11.6 Å². The van der Waals surface area contributed by atoms with Gasteiger partial charge in [-0.3, -0.25) is 0 Å². The van der Waals surface area contributed by atoms with Crippen LogP contribution < -0.4 is 10.2 Å². The smallest absolute Gasteiger partial charge is 0.256 e. The first-order valence-electron chi connectivity index (χ1n) is 10.9. The van der Waals surface area contributed by atoms with Gasteiger partial charge >= 0.3 is 0 Å². The van der Waals surface area contributed by atoms with Gasteiger partial charge < -0.3 is 15.4 Å². The Kier molecular flexibility index (Phi) is 5.45. The number of piperidine rings is 1. The van der Waals surface area contributed by atoms with E-state index in [1.54, 1.807) is 4.52 Å². The van der Waals surface area contributed by atoms with Gasteiger partial charge in [0.05, 0.1) is 6.04 Å². The molecule has 0 bridgehead atoms. The van der Waals surface area contributed by atoms with Crippen LogP contribution in [0.15, 0.2) is 30.6 Å². The summed E-state index contributed by atoms with van der Waals surface area (Å²) in [4.78, 5) is 11.3. The zero-order valence-corrected chi connectivity index (χ0v) is 18.6. The van der Waals surface area contributed by atoms with Crippen LogP contribution in [0.1, 0.15) is 36.9 Å². The monoisotopic (exact) mass is 441 g/mol. The van der Waals surface area contributed by atoms with E-state index in [-0.39, 0.29) is 6.04 Å². The highest BCUT2D eigenvalue weighted by molar-refractivity contribution is 6.31. The highest BCUT2D eigenvalue weighted by Crippen LogP contribution is 2.34. The maximum atomic E-state index is 9.85. The molecule has 0 amide bonds. The minimum Gasteiger partial charge on any atom is -0.363 e. The average molecular weight is 442 g/mol. The first-order valence-corrected chi connectivity index (χ1v) is 11.3. The van der Waals surface area contributed by atoms with Crippen LogP contribution in [0.3, 0.4) is 0 Å². The molecule has 1 aromatic carbocycles. The minimum absolute atomic E-state index is 0.00216. The molecule has 9 heteroatoms. The molecule has 5 rings (SSSR count). The van der Waals surface area contributed by atoms with E-state index in [0.29, 0.717) is 17.6 Å². The van der Waals surface area contributed by atoms with Gasteiger partial charge in [0.1, 0.15) is 18.0 Å². The van der Waals surface area contributed by atoms with Crippen LogP contribution in [0.2, 0.25) is 5.02 Å². The fourth-order valence-corrected chi connectivity index (χ4v) is 5.12. The standard InChI is InChI=1S/C22H28ClN7O/c1-14-5-6-18(19(23)8-14)15(2)26-21-9-20(27-22-24-13-25-30(21)22)28-10-17(11-28)16-4-3-7-29(31)12-16/h5-6,8-9,13,15-17,26,31H,3-4,7,10-12H2,1-2H3/t15-,16+/m1/s1. The Balaban J connectivity index is 1.34. The second-order valence-electron chi connectivity index (χ2n) is 8.84. The van der Waals surface area contributed by atoms with Crippen molar-refractivity contribution in [2.75, 3.05) is 36.4 Å². The lowest BCUT2D eigenvalue weighted by Crippen LogP contribution is -2.53. The number of hydrogen-bond donors (Lipinski definition) is 2. The molecule has 2 aliphatic heterocycles. The first kappa shape index (κ1) is 20.5. The molecule has 2 fully saturated rings. The first-order chi connectivity index (χ1) is 15.0. The number of rotatable bonds is 5. The predicted octanol–water partition coefficient (Wildman–Crippen LogP) is 3.80. The Labute approximate surface area is 186 Å². The lowest BCUT2D eigenvalue weighted by molar-refractivity contribution is -0.125. The van der Waals surface area contributed by atoms with Crippen LogP contribution in [-0.2, 0) is 0 Å². The van der Waals surface area contributed by atoms with Crippen LogP contribution in [0, 0.1) is 18.8 Å². The van der Waals surface area contributed by atoms with E-state index in [9.17, 15) is 5.21 Å². The fourth-order valence-electron chi connectivity index (χ4n) is 4.72. The Morgan fingerprint density at radius 3 is 2.81 bits per heavy atom. The van der Waals surface area contributed by atoms with Crippen molar-refractivity contribution in [2.45, 2.75) is 32.7 Å². The molecule has 0 spiro atoms.